The number of methoxy groups -OCH3 is 1. The molecule has 0 spiro atoms. The zero-order valence-electron chi connectivity index (χ0n) is 21.4. The van der Waals surface area contributed by atoms with Crippen LogP contribution in [-0.2, 0) is 32.6 Å². The Bertz CT molecular complexity index is 1120. The first-order chi connectivity index (χ1) is 16.5. The fourth-order valence-electron chi connectivity index (χ4n) is 3.66. The number of aryl methyl sites for hydroxylation is 1. The standard InChI is InChI=1S/C26H37N3O5S/c1-7-19(3)27-26(31)20(4)28(17-21-12-11-14-23(16-21)34-5)25(30)18-29(35(6,32)33)24-15-10-9-13-22(24)8-2/h9-16,19-20H,7-8,17-18H2,1-6H3,(H,27,31). The SMILES string of the molecule is CCc1ccccc1N(CC(=O)N(Cc1cccc(OC)c1)C(C)C(=O)NC(C)CC)S(C)(=O)=O. The van der Waals surface area contributed by atoms with Crippen LogP contribution in [0.25, 0.3) is 0 Å². The number of para-hydroxylation sites is 1. The summed E-state index contributed by atoms with van der Waals surface area (Å²) in [6.45, 7) is 7.15. The van der Waals surface area contributed by atoms with Crippen molar-refractivity contribution in [1.29, 1.82) is 0 Å². The Balaban J connectivity index is 2.44. The predicted octanol–water partition coefficient (Wildman–Crippen LogP) is 3.36. The first-order valence-corrected chi connectivity index (χ1v) is 13.6. The Morgan fingerprint density at radius 1 is 1.06 bits per heavy atom. The van der Waals surface area contributed by atoms with E-state index in [9.17, 15) is 18.0 Å². The summed E-state index contributed by atoms with van der Waals surface area (Å²) < 4.78 is 31.9. The number of benzene rings is 2. The molecule has 2 aromatic rings. The third-order valence-corrected chi connectivity index (χ3v) is 7.10. The average Bonchev–Trinajstić information content (AvgIpc) is 2.84. The monoisotopic (exact) mass is 503 g/mol. The number of amides is 2. The summed E-state index contributed by atoms with van der Waals surface area (Å²) in [5.74, 6) is -0.146. The lowest BCUT2D eigenvalue weighted by atomic mass is 10.1. The van der Waals surface area contributed by atoms with Crippen LogP contribution in [0.3, 0.4) is 0 Å². The second kappa shape index (κ2) is 12.6. The van der Waals surface area contributed by atoms with Gasteiger partial charge in [-0.1, -0.05) is 44.2 Å². The molecule has 8 nitrogen and oxygen atoms in total. The Labute approximate surface area is 209 Å². The van der Waals surface area contributed by atoms with Crippen molar-refractivity contribution >= 4 is 27.5 Å². The molecular weight excluding hydrogens is 466 g/mol. The van der Waals surface area contributed by atoms with Crippen LogP contribution in [0.2, 0.25) is 0 Å². The van der Waals surface area contributed by atoms with Crippen LogP contribution in [0.15, 0.2) is 48.5 Å². The number of carbonyl (C=O) groups is 2. The lowest BCUT2D eigenvalue weighted by Crippen LogP contribution is -2.52. The summed E-state index contributed by atoms with van der Waals surface area (Å²) in [4.78, 5) is 28.0. The van der Waals surface area contributed by atoms with E-state index in [1.54, 1.807) is 44.4 Å². The number of sulfonamides is 1. The predicted molar refractivity (Wildman–Crippen MR) is 139 cm³/mol. The van der Waals surface area contributed by atoms with E-state index in [2.05, 4.69) is 5.32 Å². The maximum absolute atomic E-state index is 13.6. The molecule has 1 N–H and O–H groups in total. The van der Waals surface area contributed by atoms with Crippen LogP contribution in [0.1, 0.15) is 45.2 Å². The number of anilines is 1. The van der Waals surface area contributed by atoms with E-state index in [0.717, 1.165) is 28.1 Å². The quantitative estimate of drug-likeness (QED) is 0.479. The molecule has 2 unspecified atom stereocenters. The molecule has 0 saturated heterocycles. The van der Waals surface area contributed by atoms with Gasteiger partial charge in [0, 0.05) is 12.6 Å². The van der Waals surface area contributed by atoms with Crippen molar-refractivity contribution < 1.29 is 22.7 Å². The zero-order valence-corrected chi connectivity index (χ0v) is 22.3. The fraction of sp³-hybridized carbons (Fsp3) is 0.462. The van der Waals surface area contributed by atoms with Crippen molar-refractivity contribution in [3.05, 3.63) is 59.7 Å². The van der Waals surface area contributed by atoms with Gasteiger partial charge in [0.15, 0.2) is 0 Å². The normalized spacial score (nSPS) is 13.0. The van der Waals surface area contributed by atoms with Gasteiger partial charge in [-0.15, -0.1) is 0 Å². The molecule has 192 valence electrons. The molecule has 0 fully saturated rings. The molecule has 35 heavy (non-hydrogen) atoms. The van der Waals surface area contributed by atoms with Gasteiger partial charge in [-0.05, 0) is 56.0 Å². The number of nitrogens with zero attached hydrogens (tertiary/aromatic N) is 2. The maximum atomic E-state index is 13.6. The van der Waals surface area contributed by atoms with Crippen molar-refractivity contribution in [1.82, 2.24) is 10.2 Å². The fourth-order valence-corrected chi connectivity index (χ4v) is 4.54. The summed E-state index contributed by atoms with van der Waals surface area (Å²) in [6, 6.07) is 13.5. The highest BCUT2D eigenvalue weighted by atomic mass is 32.2. The zero-order chi connectivity index (χ0) is 26.2. The maximum Gasteiger partial charge on any atom is 0.244 e. The van der Waals surface area contributed by atoms with E-state index in [0.29, 0.717) is 17.9 Å². The van der Waals surface area contributed by atoms with Crippen molar-refractivity contribution in [2.24, 2.45) is 0 Å². The topological polar surface area (TPSA) is 96.0 Å². The molecular formula is C26H37N3O5S. The molecule has 2 rings (SSSR count). The van der Waals surface area contributed by atoms with Gasteiger partial charge in [-0.3, -0.25) is 13.9 Å². The van der Waals surface area contributed by atoms with E-state index in [4.69, 9.17) is 4.74 Å². The molecule has 0 heterocycles. The molecule has 0 saturated carbocycles. The third-order valence-electron chi connectivity index (χ3n) is 5.98. The van der Waals surface area contributed by atoms with Crippen LogP contribution in [0, 0.1) is 0 Å². The molecule has 0 radical (unpaired) electrons. The van der Waals surface area contributed by atoms with Crippen LogP contribution in [0.5, 0.6) is 5.75 Å². The summed E-state index contributed by atoms with van der Waals surface area (Å²) in [5.41, 5.74) is 2.04. The van der Waals surface area contributed by atoms with Gasteiger partial charge < -0.3 is 15.0 Å². The number of rotatable bonds is 12. The van der Waals surface area contributed by atoms with Crippen molar-refractivity contribution in [2.75, 3.05) is 24.2 Å². The smallest absolute Gasteiger partial charge is 0.244 e. The minimum absolute atomic E-state index is 0.0531. The van der Waals surface area contributed by atoms with Crippen molar-refractivity contribution in [3.63, 3.8) is 0 Å². The van der Waals surface area contributed by atoms with E-state index >= 15 is 0 Å². The lowest BCUT2D eigenvalue weighted by molar-refractivity contribution is -0.139. The number of hydrogen-bond donors (Lipinski definition) is 1. The highest BCUT2D eigenvalue weighted by Gasteiger charge is 2.31. The van der Waals surface area contributed by atoms with Gasteiger partial charge >= 0.3 is 0 Å². The van der Waals surface area contributed by atoms with Gasteiger partial charge in [0.1, 0.15) is 18.3 Å². The Kier molecular flexibility index (Phi) is 10.1. The van der Waals surface area contributed by atoms with Gasteiger partial charge in [0.25, 0.3) is 0 Å². The van der Waals surface area contributed by atoms with Crippen molar-refractivity contribution in [2.45, 2.75) is 59.2 Å². The highest BCUT2D eigenvalue weighted by molar-refractivity contribution is 7.92. The summed E-state index contributed by atoms with van der Waals surface area (Å²) in [7, 11) is -2.21. The van der Waals surface area contributed by atoms with Gasteiger partial charge in [-0.2, -0.15) is 0 Å². The molecule has 0 bridgehead atoms. The number of nitrogens with one attached hydrogen (secondary N) is 1. The molecule has 0 aliphatic heterocycles. The molecule has 0 aromatic heterocycles. The summed E-state index contributed by atoms with van der Waals surface area (Å²) >= 11 is 0. The largest absolute Gasteiger partial charge is 0.497 e. The van der Waals surface area contributed by atoms with Crippen LogP contribution < -0.4 is 14.4 Å². The molecule has 0 aliphatic carbocycles. The first-order valence-electron chi connectivity index (χ1n) is 11.8. The second-order valence-electron chi connectivity index (χ2n) is 8.62. The van der Waals surface area contributed by atoms with E-state index in [-0.39, 0.29) is 18.5 Å². The summed E-state index contributed by atoms with van der Waals surface area (Å²) in [5, 5.41) is 2.92. The number of hydrogen-bond acceptors (Lipinski definition) is 5. The van der Waals surface area contributed by atoms with E-state index < -0.39 is 28.5 Å². The minimum Gasteiger partial charge on any atom is -0.497 e. The van der Waals surface area contributed by atoms with E-state index in [1.165, 1.54) is 4.90 Å². The second-order valence-corrected chi connectivity index (χ2v) is 10.5. The third kappa shape index (κ3) is 7.71. The minimum atomic E-state index is -3.77. The van der Waals surface area contributed by atoms with Crippen LogP contribution in [0.4, 0.5) is 5.69 Å². The molecule has 2 atom stereocenters. The summed E-state index contributed by atoms with van der Waals surface area (Å²) in [6.07, 6.45) is 2.44. The number of ether oxygens (including phenoxy) is 1. The first kappa shape index (κ1) is 28.2. The highest BCUT2D eigenvalue weighted by Crippen LogP contribution is 2.24. The molecule has 9 heteroatoms. The molecule has 0 aliphatic rings. The van der Waals surface area contributed by atoms with Gasteiger partial charge in [-0.25, -0.2) is 8.42 Å². The Morgan fingerprint density at radius 3 is 2.34 bits per heavy atom. The lowest BCUT2D eigenvalue weighted by Gasteiger charge is -2.32. The molecule has 2 aromatic carbocycles. The average molecular weight is 504 g/mol. The Hall–Kier alpha value is -3.07. The van der Waals surface area contributed by atoms with E-state index in [1.807, 2.05) is 39.0 Å². The molecule has 2 amide bonds. The van der Waals surface area contributed by atoms with Crippen LogP contribution in [-0.4, -0.2) is 57.1 Å². The van der Waals surface area contributed by atoms with Crippen molar-refractivity contribution in [3.8, 4) is 5.75 Å². The number of carbonyl (C=O) groups excluding carboxylic acids is 2. The van der Waals surface area contributed by atoms with Gasteiger partial charge in [0.2, 0.25) is 21.8 Å². The van der Waals surface area contributed by atoms with Gasteiger partial charge in [0.05, 0.1) is 19.1 Å². The van der Waals surface area contributed by atoms with Crippen LogP contribution >= 0.6 is 0 Å². The Morgan fingerprint density at radius 2 is 1.74 bits per heavy atom.